The van der Waals surface area contributed by atoms with Gasteiger partial charge in [-0.25, -0.2) is 8.78 Å². The zero-order valence-electron chi connectivity index (χ0n) is 8.11. The lowest BCUT2D eigenvalue weighted by molar-refractivity contribution is 0.0492. The first-order valence-electron chi connectivity index (χ1n) is 4.55. The summed E-state index contributed by atoms with van der Waals surface area (Å²) in [5, 5.41) is 0. The summed E-state index contributed by atoms with van der Waals surface area (Å²) in [5.74, 6) is -1.47. The molecule has 0 saturated carbocycles. The molecular formula is C10H8F2N2O2. The second-order valence-electron chi connectivity index (χ2n) is 3.38. The van der Waals surface area contributed by atoms with Crippen LogP contribution in [0.15, 0.2) is 18.2 Å². The van der Waals surface area contributed by atoms with Crippen LogP contribution in [0.3, 0.4) is 0 Å². The van der Waals surface area contributed by atoms with E-state index in [0.29, 0.717) is 4.90 Å². The van der Waals surface area contributed by atoms with Crippen LogP contribution in [0.1, 0.15) is 20.7 Å². The Labute approximate surface area is 89.6 Å². The van der Waals surface area contributed by atoms with Crippen LogP contribution in [0.2, 0.25) is 0 Å². The lowest BCUT2D eigenvalue weighted by Gasteiger charge is -2.12. The number of anilines is 1. The van der Waals surface area contributed by atoms with Gasteiger partial charge in [0.05, 0.1) is 17.7 Å². The van der Waals surface area contributed by atoms with E-state index in [2.05, 4.69) is 0 Å². The van der Waals surface area contributed by atoms with Crippen LogP contribution in [0.4, 0.5) is 14.5 Å². The Morgan fingerprint density at radius 3 is 2.50 bits per heavy atom. The molecule has 1 aromatic carbocycles. The number of carbonyl (C=O) groups excluding carboxylic acids is 2. The predicted molar refractivity (Wildman–Crippen MR) is 52.2 cm³/mol. The summed E-state index contributed by atoms with van der Waals surface area (Å²) in [6.45, 7) is -0.897. The van der Waals surface area contributed by atoms with Crippen molar-refractivity contribution in [2.75, 3.05) is 12.3 Å². The standard InChI is InChI=1S/C10H8F2N2O2/c11-7(12)4-14-9(15)5-2-1-3-6(13)8(5)10(14)16/h1-3,7H,4,13H2. The van der Waals surface area contributed by atoms with Crippen LogP contribution in [0.25, 0.3) is 0 Å². The van der Waals surface area contributed by atoms with Gasteiger partial charge in [0.15, 0.2) is 0 Å². The minimum Gasteiger partial charge on any atom is -0.398 e. The minimum atomic E-state index is -2.75. The average molecular weight is 226 g/mol. The van der Waals surface area contributed by atoms with Crippen LogP contribution in [0, 0.1) is 0 Å². The van der Waals surface area contributed by atoms with Crippen LogP contribution >= 0.6 is 0 Å². The van der Waals surface area contributed by atoms with Gasteiger partial charge in [-0.3, -0.25) is 14.5 Å². The van der Waals surface area contributed by atoms with Crippen molar-refractivity contribution in [3.05, 3.63) is 29.3 Å². The Morgan fingerprint density at radius 1 is 1.25 bits per heavy atom. The number of carbonyl (C=O) groups is 2. The molecule has 2 N–H and O–H groups in total. The zero-order chi connectivity index (χ0) is 11.9. The number of rotatable bonds is 2. The Balaban J connectivity index is 2.45. The molecule has 0 radical (unpaired) electrons. The Bertz CT molecular complexity index is 474. The molecule has 4 nitrogen and oxygen atoms in total. The zero-order valence-corrected chi connectivity index (χ0v) is 8.11. The molecule has 0 aliphatic carbocycles. The fraction of sp³-hybridized carbons (Fsp3) is 0.200. The molecule has 16 heavy (non-hydrogen) atoms. The van der Waals surface area contributed by atoms with Gasteiger partial charge in [0, 0.05) is 5.69 Å². The summed E-state index contributed by atoms with van der Waals surface area (Å²) < 4.78 is 24.4. The summed E-state index contributed by atoms with van der Waals surface area (Å²) in [7, 11) is 0. The van der Waals surface area contributed by atoms with Crippen molar-refractivity contribution in [1.29, 1.82) is 0 Å². The molecule has 1 aliphatic rings. The van der Waals surface area contributed by atoms with Gasteiger partial charge in [0.1, 0.15) is 0 Å². The Hall–Kier alpha value is -1.98. The van der Waals surface area contributed by atoms with Gasteiger partial charge in [0.25, 0.3) is 18.2 Å². The number of hydrogen-bond acceptors (Lipinski definition) is 3. The largest absolute Gasteiger partial charge is 0.398 e. The average Bonchev–Trinajstić information content (AvgIpc) is 2.44. The van der Waals surface area contributed by atoms with Gasteiger partial charge in [-0.1, -0.05) is 6.07 Å². The third-order valence-corrected chi connectivity index (χ3v) is 2.35. The van der Waals surface area contributed by atoms with Crippen LogP contribution in [0.5, 0.6) is 0 Å². The van der Waals surface area contributed by atoms with Crippen molar-refractivity contribution in [1.82, 2.24) is 4.90 Å². The summed E-state index contributed by atoms with van der Waals surface area (Å²) in [4.78, 5) is 23.8. The quantitative estimate of drug-likeness (QED) is 0.607. The summed E-state index contributed by atoms with van der Waals surface area (Å²) in [6, 6.07) is 4.36. The second-order valence-corrected chi connectivity index (χ2v) is 3.38. The van der Waals surface area contributed by atoms with E-state index in [0.717, 1.165) is 0 Å². The first-order chi connectivity index (χ1) is 7.52. The van der Waals surface area contributed by atoms with E-state index in [9.17, 15) is 18.4 Å². The first kappa shape index (κ1) is 10.5. The maximum atomic E-state index is 12.2. The maximum Gasteiger partial charge on any atom is 0.263 e. The van der Waals surface area contributed by atoms with Crippen molar-refractivity contribution < 1.29 is 18.4 Å². The van der Waals surface area contributed by atoms with E-state index < -0.39 is 24.8 Å². The number of alkyl halides is 2. The molecule has 1 aromatic rings. The van der Waals surface area contributed by atoms with E-state index in [1.165, 1.54) is 18.2 Å². The second kappa shape index (κ2) is 3.55. The number of imide groups is 1. The Morgan fingerprint density at radius 2 is 1.94 bits per heavy atom. The number of halogens is 2. The van der Waals surface area contributed by atoms with E-state index in [-0.39, 0.29) is 16.8 Å². The number of fused-ring (bicyclic) bond motifs is 1. The van der Waals surface area contributed by atoms with Gasteiger partial charge >= 0.3 is 0 Å². The molecule has 0 spiro atoms. The molecule has 1 aliphatic heterocycles. The highest BCUT2D eigenvalue weighted by molar-refractivity contribution is 6.23. The van der Waals surface area contributed by atoms with Gasteiger partial charge < -0.3 is 5.73 Å². The van der Waals surface area contributed by atoms with Crippen molar-refractivity contribution >= 4 is 17.5 Å². The number of nitrogens with two attached hydrogens (primary N) is 1. The number of amides is 2. The van der Waals surface area contributed by atoms with Gasteiger partial charge in [0.2, 0.25) is 0 Å². The molecule has 6 heteroatoms. The van der Waals surface area contributed by atoms with Crippen molar-refractivity contribution in [3.63, 3.8) is 0 Å². The van der Waals surface area contributed by atoms with Crippen molar-refractivity contribution in [2.24, 2.45) is 0 Å². The lowest BCUT2D eigenvalue weighted by Crippen LogP contribution is -2.34. The summed E-state index contributed by atoms with van der Waals surface area (Å²) in [5.41, 5.74) is 5.77. The van der Waals surface area contributed by atoms with E-state index in [1.807, 2.05) is 0 Å². The van der Waals surface area contributed by atoms with Gasteiger partial charge in [-0.2, -0.15) is 0 Å². The molecule has 0 fully saturated rings. The first-order valence-corrected chi connectivity index (χ1v) is 4.55. The summed E-state index contributed by atoms with van der Waals surface area (Å²) in [6.07, 6.45) is -2.75. The minimum absolute atomic E-state index is 0.0214. The van der Waals surface area contributed by atoms with E-state index >= 15 is 0 Å². The highest BCUT2D eigenvalue weighted by atomic mass is 19.3. The monoisotopic (exact) mass is 226 g/mol. The normalized spacial score (nSPS) is 14.8. The molecule has 0 atom stereocenters. The maximum absolute atomic E-state index is 12.2. The fourth-order valence-corrected chi connectivity index (χ4v) is 1.66. The highest BCUT2D eigenvalue weighted by Crippen LogP contribution is 2.27. The highest BCUT2D eigenvalue weighted by Gasteiger charge is 2.38. The van der Waals surface area contributed by atoms with Gasteiger partial charge in [-0.15, -0.1) is 0 Å². The van der Waals surface area contributed by atoms with E-state index in [1.54, 1.807) is 0 Å². The molecular weight excluding hydrogens is 218 g/mol. The SMILES string of the molecule is Nc1cccc2c1C(=O)N(CC(F)F)C2=O. The smallest absolute Gasteiger partial charge is 0.263 e. The third kappa shape index (κ3) is 1.42. The molecule has 0 bridgehead atoms. The number of nitrogen functional groups attached to an aromatic ring is 1. The fourth-order valence-electron chi connectivity index (χ4n) is 1.66. The van der Waals surface area contributed by atoms with Crippen LogP contribution in [-0.4, -0.2) is 29.7 Å². The summed E-state index contributed by atoms with van der Waals surface area (Å²) >= 11 is 0. The molecule has 1 heterocycles. The topological polar surface area (TPSA) is 63.4 Å². The molecule has 0 saturated heterocycles. The van der Waals surface area contributed by atoms with Crippen LogP contribution < -0.4 is 5.73 Å². The molecule has 2 amide bonds. The number of benzene rings is 1. The number of nitrogens with zero attached hydrogens (tertiary/aromatic N) is 1. The third-order valence-electron chi connectivity index (χ3n) is 2.35. The Kier molecular flexibility index (Phi) is 2.34. The molecule has 2 rings (SSSR count). The molecule has 0 unspecified atom stereocenters. The lowest BCUT2D eigenvalue weighted by atomic mass is 10.1. The van der Waals surface area contributed by atoms with Crippen LogP contribution in [-0.2, 0) is 0 Å². The van der Waals surface area contributed by atoms with Crippen molar-refractivity contribution in [2.45, 2.75) is 6.43 Å². The van der Waals surface area contributed by atoms with Crippen molar-refractivity contribution in [3.8, 4) is 0 Å². The molecule has 0 aromatic heterocycles. The molecule has 84 valence electrons. The van der Waals surface area contributed by atoms with Gasteiger partial charge in [-0.05, 0) is 12.1 Å². The number of hydrogen-bond donors (Lipinski definition) is 1. The van der Waals surface area contributed by atoms with E-state index in [4.69, 9.17) is 5.73 Å². The predicted octanol–water partition coefficient (Wildman–Crippen LogP) is 1.13.